The molecular weight excluding hydrogens is 252 g/mol. The van der Waals surface area contributed by atoms with Crippen LogP contribution in [-0.2, 0) is 5.66 Å². The second-order valence-corrected chi connectivity index (χ2v) is 4.96. The summed E-state index contributed by atoms with van der Waals surface area (Å²) in [6, 6.07) is 16.7. The molecule has 4 N–H and O–H groups in total. The lowest BCUT2D eigenvalue weighted by Crippen LogP contribution is -2.45. The van der Waals surface area contributed by atoms with E-state index in [9.17, 15) is 4.79 Å². The molecule has 1 saturated heterocycles. The van der Waals surface area contributed by atoms with Crippen molar-refractivity contribution in [2.75, 3.05) is 10.7 Å². The predicted molar refractivity (Wildman–Crippen MR) is 78.8 cm³/mol. The number of nitrogens with zero attached hydrogens (tertiary/aromatic N) is 1. The number of carbonyl (C=O) groups is 1. The average molecular weight is 268 g/mol. The van der Waals surface area contributed by atoms with Gasteiger partial charge in [0.1, 0.15) is 5.66 Å². The van der Waals surface area contributed by atoms with Gasteiger partial charge in [0.25, 0.3) is 0 Å². The zero-order chi connectivity index (χ0) is 14.2. The van der Waals surface area contributed by atoms with E-state index in [1.54, 1.807) is 0 Å². The SMILES string of the molecule is C[C@]1(c2ccc(N)cc2)NC(=O)N(c2ccccc2)N1. The number of urea groups is 1. The van der Waals surface area contributed by atoms with E-state index in [-0.39, 0.29) is 6.03 Å². The van der Waals surface area contributed by atoms with Crippen molar-refractivity contribution in [1.29, 1.82) is 0 Å². The molecule has 2 amide bonds. The lowest BCUT2D eigenvalue weighted by atomic mass is 10.0. The average Bonchev–Trinajstić information content (AvgIpc) is 2.77. The third-order valence-electron chi connectivity index (χ3n) is 3.40. The number of benzene rings is 2. The lowest BCUT2D eigenvalue weighted by molar-refractivity contribution is 0.248. The van der Waals surface area contributed by atoms with Gasteiger partial charge in [-0.1, -0.05) is 30.3 Å². The minimum Gasteiger partial charge on any atom is -0.399 e. The van der Waals surface area contributed by atoms with Gasteiger partial charge in [0.2, 0.25) is 0 Å². The first-order valence-corrected chi connectivity index (χ1v) is 6.40. The normalized spacial score (nSPS) is 21.9. The Balaban J connectivity index is 1.91. The molecule has 0 aromatic heterocycles. The van der Waals surface area contributed by atoms with E-state index in [0.717, 1.165) is 11.3 Å². The number of nitrogens with one attached hydrogen (secondary N) is 2. The number of rotatable bonds is 2. The first kappa shape index (κ1) is 12.5. The predicted octanol–water partition coefficient (Wildman–Crippen LogP) is 2.18. The third kappa shape index (κ3) is 2.08. The highest BCUT2D eigenvalue weighted by molar-refractivity contribution is 5.93. The highest BCUT2D eigenvalue weighted by Gasteiger charge is 2.40. The van der Waals surface area contributed by atoms with Crippen molar-refractivity contribution in [2.24, 2.45) is 0 Å². The van der Waals surface area contributed by atoms with Crippen molar-refractivity contribution in [3.63, 3.8) is 0 Å². The fourth-order valence-corrected chi connectivity index (χ4v) is 2.28. The van der Waals surface area contributed by atoms with Crippen LogP contribution in [0.3, 0.4) is 0 Å². The van der Waals surface area contributed by atoms with Crippen molar-refractivity contribution < 1.29 is 4.79 Å². The molecule has 0 bridgehead atoms. The second-order valence-electron chi connectivity index (χ2n) is 4.96. The van der Waals surface area contributed by atoms with Gasteiger partial charge in [0.15, 0.2) is 0 Å². The maximum Gasteiger partial charge on any atom is 0.338 e. The standard InChI is InChI=1S/C15H16N4O/c1-15(11-7-9-12(16)10-8-11)17-14(20)19(18-15)13-5-3-2-4-6-13/h2-10,18H,16H2,1H3,(H,17,20)/t15-/m0/s1. The van der Waals surface area contributed by atoms with Gasteiger partial charge < -0.3 is 11.1 Å². The molecule has 1 atom stereocenters. The summed E-state index contributed by atoms with van der Waals surface area (Å²) in [5, 5.41) is 4.46. The molecule has 3 rings (SSSR count). The molecule has 1 heterocycles. The largest absolute Gasteiger partial charge is 0.399 e. The van der Waals surface area contributed by atoms with Crippen molar-refractivity contribution in [2.45, 2.75) is 12.6 Å². The Bertz CT molecular complexity index is 626. The van der Waals surface area contributed by atoms with Crippen LogP contribution in [0.2, 0.25) is 0 Å². The van der Waals surface area contributed by atoms with Gasteiger partial charge in [0.05, 0.1) is 5.69 Å². The zero-order valence-electron chi connectivity index (χ0n) is 11.1. The van der Waals surface area contributed by atoms with Crippen LogP contribution >= 0.6 is 0 Å². The number of nitrogens with two attached hydrogens (primary N) is 1. The molecule has 1 aliphatic rings. The van der Waals surface area contributed by atoms with Gasteiger partial charge in [-0.2, -0.15) is 5.43 Å². The van der Waals surface area contributed by atoms with Gasteiger partial charge in [-0.3, -0.25) is 0 Å². The van der Waals surface area contributed by atoms with Gasteiger partial charge in [0, 0.05) is 5.69 Å². The van der Waals surface area contributed by atoms with Crippen LogP contribution in [0.25, 0.3) is 0 Å². The first-order valence-electron chi connectivity index (χ1n) is 6.40. The quantitative estimate of drug-likeness (QED) is 0.731. The number of hydrogen-bond acceptors (Lipinski definition) is 3. The van der Waals surface area contributed by atoms with Gasteiger partial charge in [-0.05, 0) is 36.8 Å². The lowest BCUT2D eigenvalue weighted by Gasteiger charge is -2.25. The Morgan fingerprint density at radius 3 is 2.35 bits per heavy atom. The van der Waals surface area contributed by atoms with Crippen LogP contribution < -0.4 is 21.5 Å². The number of hydrogen-bond donors (Lipinski definition) is 3. The fraction of sp³-hybridized carbons (Fsp3) is 0.133. The number of amides is 2. The first-order chi connectivity index (χ1) is 9.58. The highest BCUT2D eigenvalue weighted by Crippen LogP contribution is 2.26. The summed E-state index contributed by atoms with van der Waals surface area (Å²) in [6.45, 7) is 1.92. The van der Waals surface area contributed by atoms with Crippen molar-refractivity contribution >= 4 is 17.4 Å². The molecule has 0 spiro atoms. The molecule has 0 saturated carbocycles. The van der Waals surface area contributed by atoms with E-state index < -0.39 is 5.66 Å². The van der Waals surface area contributed by atoms with Gasteiger partial charge in [-0.25, -0.2) is 9.80 Å². The molecule has 5 heteroatoms. The topological polar surface area (TPSA) is 70.4 Å². The van der Waals surface area contributed by atoms with Crippen LogP contribution in [0.1, 0.15) is 12.5 Å². The van der Waals surface area contributed by atoms with Crippen molar-refractivity contribution in [1.82, 2.24) is 10.7 Å². The van der Waals surface area contributed by atoms with Crippen LogP contribution in [0.5, 0.6) is 0 Å². The Kier molecular flexibility index (Phi) is 2.84. The molecule has 0 radical (unpaired) electrons. The van der Waals surface area contributed by atoms with E-state index in [0.29, 0.717) is 5.69 Å². The molecule has 0 aliphatic carbocycles. The van der Waals surface area contributed by atoms with Crippen LogP contribution in [0, 0.1) is 0 Å². The molecule has 20 heavy (non-hydrogen) atoms. The second kappa shape index (κ2) is 4.54. The zero-order valence-corrected chi connectivity index (χ0v) is 11.1. The summed E-state index contributed by atoms with van der Waals surface area (Å²) in [5.74, 6) is 0. The minimum absolute atomic E-state index is 0.185. The minimum atomic E-state index is -0.652. The van der Waals surface area contributed by atoms with Crippen molar-refractivity contribution in [3.8, 4) is 0 Å². The number of anilines is 2. The fourth-order valence-electron chi connectivity index (χ4n) is 2.28. The summed E-state index contributed by atoms with van der Waals surface area (Å²) in [5.41, 5.74) is 10.7. The smallest absolute Gasteiger partial charge is 0.338 e. The summed E-state index contributed by atoms with van der Waals surface area (Å²) >= 11 is 0. The Labute approximate surface area is 117 Å². The number of hydrazine groups is 1. The van der Waals surface area contributed by atoms with Crippen LogP contribution in [0.15, 0.2) is 54.6 Å². The maximum atomic E-state index is 12.2. The summed E-state index contributed by atoms with van der Waals surface area (Å²) in [4.78, 5) is 12.2. The Morgan fingerprint density at radius 2 is 1.70 bits per heavy atom. The highest BCUT2D eigenvalue weighted by atomic mass is 16.2. The van der Waals surface area contributed by atoms with E-state index in [2.05, 4.69) is 10.7 Å². The molecule has 2 aromatic carbocycles. The number of nitrogen functional groups attached to an aromatic ring is 1. The van der Waals surface area contributed by atoms with Gasteiger partial charge in [-0.15, -0.1) is 0 Å². The molecule has 102 valence electrons. The van der Waals surface area contributed by atoms with E-state index >= 15 is 0 Å². The molecular formula is C15H16N4O. The Hall–Kier alpha value is -2.53. The third-order valence-corrected chi connectivity index (χ3v) is 3.40. The Morgan fingerprint density at radius 1 is 1.05 bits per heavy atom. The number of carbonyl (C=O) groups excluding carboxylic acids is 1. The molecule has 2 aromatic rings. The molecule has 5 nitrogen and oxygen atoms in total. The van der Waals surface area contributed by atoms with Gasteiger partial charge >= 0.3 is 6.03 Å². The monoisotopic (exact) mass is 268 g/mol. The van der Waals surface area contributed by atoms with E-state index in [4.69, 9.17) is 5.73 Å². The number of para-hydroxylation sites is 1. The van der Waals surface area contributed by atoms with Crippen LogP contribution in [-0.4, -0.2) is 6.03 Å². The van der Waals surface area contributed by atoms with E-state index in [1.165, 1.54) is 5.01 Å². The van der Waals surface area contributed by atoms with Crippen molar-refractivity contribution in [3.05, 3.63) is 60.2 Å². The maximum absolute atomic E-state index is 12.2. The van der Waals surface area contributed by atoms with E-state index in [1.807, 2.05) is 61.5 Å². The van der Waals surface area contributed by atoms with Crippen LogP contribution in [0.4, 0.5) is 16.2 Å². The summed E-state index contributed by atoms with van der Waals surface area (Å²) < 4.78 is 0. The molecule has 1 fully saturated rings. The molecule has 1 aliphatic heterocycles. The molecule has 0 unspecified atom stereocenters. The summed E-state index contributed by atoms with van der Waals surface area (Å²) in [7, 11) is 0. The summed E-state index contributed by atoms with van der Waals surface area (Å²) in [6.07, 6.45) is 0.